The van der Waals surface area contributed by atoms with Crippen molar-refractivity contribution in [3.05, 3.63) is 53.1 Å². The molecule has 0 aliphatic rings. The molecule has 0 aromatic heterocycles. The zero-order valence-corrected chi connectivity index (χ0v) is 17.0. The summed E-state index contributed by atoms with van der Waals surface area (Å²) in [6, 6.07) is 9.96. The molecule has 1 atom stereocenters. The zero-order chi connectivity index (χ0) is 19.5. The standard InChI is InChI=1S/C20H27NO4S/c1-13(2)18-12-19(14(3)11-20(18)25-6)15(4)21-26(22,23)17-9-7-16(24-5)8-10-17/h7-13,15,21H,1-6H3/t15-/m1/s1. The van der Waals surface area contributed by atoms with Crippen LogP contribution in [0.3, 0.4) is 0 Å². The fourth-order valence-corrected chi connectivity index (χ4v) is 4.15. The van der Waals surface area contributed by atoms with Crippen molar-refractivity contribution < 1.29 is 17.9 Å². The second kappa shape index (κ2) is 8.10. The molecular formula is C20H27NO4S. The molecule has 0 unspecified atom stereocenters. The van der Waals surface area contributed by atoms with Crippen LogP contribution in [0.25, 0.3) is 0 Å². The minimum atomic E-state index is -3.63. The molecule has 0 spiro atoms. The maximum Gasteiger partial charge on any atom is 0.241 e. The van der Waals surface area contributed by atoms with E-state index in [1.165, 1.54) is 12.1 Å². The van der Waals surface area contributed by atoms with Crippen LogP contribution < -0.4 is 14.2 Å². The average molecular weight is 378 g/mol. The smallest absolute Gasteiger partial charge is 0.241 e. The highest BCUT2D eigenvalue weighted by atomic mass is 32.2. The van der Waals surface area contributed by atoms with Crippen LogP contribution in [-0.4, -0.2) is 22.6 Å². The fourth-order valence-electron chi connectivity index (χ4n) is 2.93. The van der Waals surface area contributed by atoms with E-state index in [4.69, 9.17) is 9.47 Å². The highest BCUT2D eigenvalue weighted by Gasteiger charge is 2.21. The van der Waals surface area contributed by atoms with Crippen LogP contribution in [0.2, 0.25) is 0 Å². The number of rotatable bonds is 7. The van der Waals surface area contributed by atoms with Gasteiger partial charge in [-0.25, -0.2) is 13.1 Å². The molecule has 2 aromatic carbocycles. The molecule has 26 heavy (non-hydrogen) atoms. The summed E-state index contributed by atoms with van der Waals surface area (Å²) in [5.41, 5.74) is 2.98. The fraction of sp³-hybridized carbons (Fsp3) is 0.400. The Morgan fingerprint density at radius 2 is 1.54 bits per heavy atom. The highest BCUT2D eigenvalue weighted by Crippen LogP contribution is 2.32. The summed E-state index contributed by atoms with van der Waals surface area (Å²) in [7, 11) is -0.442. The normalized spacial score (nSPS) is 12.9. The third kappa shape index (κ3) is 4.37. The Kier molecular flexibility index (Phi) is 6.31. The van der Waals surface area contributed by atoms with Crippen molar-refractivity contribution >= 4 is 10.0 Å². The summed E-state index contributed by atoms with van der Waals surface area (Å²) in [4.78, 5) is 0.209. The molecule has 2 rings (SSSR count). The van der Waals surface area contributed by atoms with E-state index in [0.717, 1.165) is 22.4 Å². The molecule has 2 aromatic rings. The first-order valence-corrected chi connectivity index (χ1v) is 10.0. The Hall–Kier alpha value is -2.05. The summed E-state index contributed by atoms with van der Waals surface area (Å²) in [5, 5.41) is 0. The van der Waals surface area contributed by atoms with Crippen LogP contribution in [-0.2, 0) is 10.0 Å². The van der Waals surface area contributed by atoms with Gasteiger partial charge in [-0.05, 0) is 72.9 Å². The van der Waals surface area contributed by atoms with Crippen LogP contribution >= 0.6 is 0 Å². The topological polar surface area (TPSA) is 64.6 Å². The lowest BCUT2D eigenvalue weighted by atomic mass is 9.94. The highest BCUT2D eigenvalue weighted by molar-refractivity contribution is 7.89. The lowest BCUT2D eigenvalue weighted by Crippen LogP contribution is -2.27. The second-order valence-corrected chi connectivity index (χ2v) is 8.34. The van der Waals surface area contributed by atoms with Gasteiger partial charge >= 0.3 is 0 Å². The van der Waals surface area contributed by atoms with E-state index in [1.807, 2.05) is 26.0 Å². The van der Waals surface area contributed by atoms with Gasteiger partial charge < -0.3 is 9.47 Å². The number of benzene rings is 2. The summed E-state index contributed by atoms with van der Waals surface area (Å²) in [6.45, 7) is 7.98. The Morgan fingerprint density at radius 3 is 2.04 bits per heavy atom. The molecular weight excluding hydrogens is 350 g/mol. The van der Waals surface area contributed by atoms with Gasteiger partial charge in [-0.3, -0.25) is 0 Å². The van der Waals surface area contributed by atoms with Gasteiger partial charge in [-0.15, -0.1) is 0 Å². The number of aryl methyl sites for hydroxylation is 1. The minimum absolute atomic E-state index is 0.209. The molecule has 0 aliphatic heterocycles. The van der Waals surface area contributed by atoms with Gasteiger partial charge in [0.2, 0.25) is 10.0 Å². The molecule has 142 valence electrons. The monoisotopic (exact) mass is 377 g/mol. The predicted octanol–water partition coefficient (Wildman–Crippen LogP) is 4.18. The third-order valence-corrected chi connectivity index (χ3v) is 5.97. The number of hydrogen-bond donors (Lipinski definition) is 1. The molecule has 0 heterocycles. The maximum atomic E-state index is 12.7. The van der Waals surface area contributed by atoms with Crippen molar-refractivity contribution in [2.45, 2.75) is 44.6 Å². The van der Waals surface area contributed by atoms with Crippen LogP contribution in [0.1, 0.15) is 49.4 Å². The summed E-state index contributed by atoms with van der Waals surface area (Å²) < 4.78 is 38.7. The molecule has 0 aliphatic carbocycles. The van der Waals surface area contributed by atoms with Crippen LogP contribution in [0, 0.1) is 6.92 Å². The first-order valence-electron chi connectivity index (χ1n) is 8.54. The van der Waals surface area contributed by atoms with Crippen molar-refractivity contribution in [3.63, 3.8) is 0 Å². The molecule has 0 bridgehead atoms. The van der Waals surface area contributed by atoms with E-state index in [1.54, 1.807) is 26.4 Å². The lowest BCUT2D eigenvalue weighted by Gasteiger charge is -2.21. The SMILES string of the molecule is COc1ccc(S(=O)(=O)N[C@H](C)c2cc(C(C)C)c(OC)cc2C)cc1. The molecule has 0 saturated carbocycles. The van der Waals surface area contributed by atoms with Crippen LogP contribution in [0.15, 0.2) is 41.3 Å². The molecule has 0 saturated heterocycles. The molecule has 0 amide bonds. The number of nitrogens with one attached hydrogen (secondary N) is 1. The van der Waals surface area contributed by atoms with Crippen molar-refractivity contribution in [1.29, 1.82) is 0 Å². The number of hydrogen-bond acceptors (Lipinski definition) is 4. The van der Waals surface area contributed by atoms with E-state index in [0.29, 0.717) is 5.75 Å². The van der Waals surface area contributed by atoms with Crippen molar-refractivity contribution in [1.82, 2.24) is 4.72 Å². The molecule has 6 heteroatoms. The van der Waals surface area contributed by atoms with E-state index in [9.17, 15) is 8.42 Å². The first kappa shape index (κ1) is 20.3. The van der Waals surface area contributed by atoms with Crippen molar-refractivity contribution in [2.75, 3.05) is 14.2 Å². The first-order chi connectivity index (χ1) is 12.2. The maximum absolute atomic E-state index is 12.7. The van der Waals surface area contributed by atoms with Crippen molar-refractivity contribution in [3.8, 4) is 11.5 Å². The van der Waals surface area contributed by atoms with Crippen molar-refractivity contribution in [2.24, 2.45) is 0 Å². The van der Waals surface area contributed by atoms with Gasteiger partial charge in [0.1, 0.15) is 11.5 Å². The van der Waals surface area contributed by atoms with Crippen LogP contribution in [0.4, 0.5) is 0 Å². The second-order valence-electron chi connectivity index (χ2n) is 6.62. The summed E-state index contributed by atoms with van der Waals surface area (Å²) >= 11 is 0. The van der Waals surface area contributed by atoms with Crippen LogP contribution in [0.5, 0.6) is 11.5 Å². The third-order valence-electron chi connectivity index (χ3n) is 4.41. The van der Waals surface area contributed by atoms with Gasteiger partial charge in [-0.2, -0.15) is 0 Å². The van der Waals surface area contributed by atoms with Gasteiger partial charge in [0.15, 0.2) is 0 Å². The quantitative estimate of drug-likeness (QED) is 0.786. The predicted molar refractivity (Wildman–Crippen MR) is 104 cm³/mol. The Balaban J connectivity index is 2.33. The summed E-state index contributed by atoms with van der Waals surface area (Å²) in [5.74, 6) is 1.71. The molecule has 0 radical (unpaired) electrons. The minimum Gasteiger partial charge on any atom is -0.497 e. The van der Waals surface area contributed by atoms with E-state index >= 15 is 0 Å². The average Bonchev–Trinajstić information content (AvgIpc) is 2.60. The Bertz CT molecular complexity index is 858. The van der Waals surface area contributed by atoms with Gasteiger partial charge in [0.25, 0.3) is 0 Å². The van der Waals surface area contributed by atoms with E-state index in [2.05, 4.69) is 18.6 Å². The summed E-state index contributed by atoms with van der Waals surface area (Å²) in [6.07, 6.45) is 0. The Labute approximate surface area is 156 Å². The molecule has 0 fully saturated rings. The largest absolute Gasteiger partial charge is 0.497 e. The number of sulfonamides is 1. The van der Waals surface area contributed by atoms with Gasteiger partial charge in [0.05, 0.1) is 19.1 Å². The lowest BCUT2D eigenvalue weighted by molar-refractivity contribution is 0.406. The van der Waals surface area contributed by atoms with Gasteiger partial charge in [-0.1, -0.05) is 13.8 Å². The van der Waals surface area contributed by atoms with E-state index in [-0.39, 0.29) is 16.9 Å². The number of ether oxygens (including phenoxy) is 2. The number of methoxy groups -OCH3 is 2. The zero-order valence-electron chi connectivity index (χ0n) is 16.2. The molecule has 5 nitrogen and oxygen atoms in total. The molecule has 1 N–H and O–H groups in total. The van der Waals surface area contributed by atoms with E-state index < -0.39 is 10.0 Å². The Morgan fingerprint density at radius 1 is 0.923 bits per heavy atom. The van der Waals surface area contributed by atoms with Gasteiger partial charge in [0, 0.05) is 6.04 Å².